The van der Waals surface area contributed by atoms with Crippen LogP contribution in [0.2, 0.25) is 0 Å². The largest absolute Gasteiger partial charge is 0.480 e. The highest BCUT2D eigenvalue weighted by Crippen LogP contribution is 2.23. The van der Waals surface area contributed by atoms with Crippen molar-refractivity contribution in [2.24, 2.45) is 5.73 Å². The number of alkyl carbamates (subject to hydrolysis) is 1. The molecule has 25 heavy (non-hydrogen) atoms. The third-order valence-corrected chi connectivity index (χ3v) is 5.32. The van der Waals surface area contributed by atoms with Crippen LogP contribution in [0.15, 0.2) is 30.3 Å². The summed E-state index contributed by atoms with van der Waals surface area (Å²) >= 11 is 0. The van der Waals surface area contributed by atoms with E-state index >= 15 is 0 Å². The van der Waals surface area contributed by atoms with Crippen molar-refractivity contribution in [2.75, 3.05) is 18.6 Å². The standard InChI is InChI=1S/C15H20N2O6S2/c1-22-14(20)12(9-25-24-8-11(16)13(18)19)17-15(21)23-7-10-5-3-2-4-6-10/h2-6,11-12H,7-9,16H2,1H3,(H,17,21)(H,18,19)/t11?,12-/m1/s1. The number of carbonyl (C=O) groups excluding carboxylic acids is 2. The van der Waals surface area contributed by atoms with Gasteiger partial charge in [0.25, 0.3) is 0 Å². The Morgan fingerprint density at radius 3 is 2.44 bits per heavy atom. The fourth-order valence-electron chi connectivity index (χ4n) is 1.53. The zero-order valence-corrected chi connectivity index (χ0v) is 15.2. The number of methoxy groups -OCH3 is 1. The highest BCUT2D eigenvalue weighted by Gasteiger charge is 2.23. The van der Waals surface area contributed by atoms with Gasteiger partial charge >= 0.3 is 18.0 Å². The van der Waals surface area contributed by atoms with E-state index in [1.165, 1.54) is 28.7 Å². The Morgan fingerprint density at radius 1 is 1.20 bits per heavy atom. The number of benzene rings is 1. The number of aliphatic carboxylic acids is 1. The zero-order valence-electron chi connectivity index (χ0n) is 13.5. The van der Waals surface area contributed by atoms with Crippen LogP contribution in [0.25, 0.3) is 0 Å². The van der Waals surface area contributed by atoms with Crippen molar-refractivity contribution < 1.29 is 29.0 Å². The molecule has 0 bridgehead atoms. The normalized spacial score (nSPS) is 12.7. The minimum atomic E-state index is -1.10. The first-order chi connectivity index (χ1) is 11.9. The number of rotatable bonds is 10. The number of esters is 1. The molecule has 0 aliphatic rings. The Kier molecular flexibility index (Phi) is 9.81. The zero-order chi connectivity index (χ0) is 18.7. The van der Waals surface area contributed by atoms with Crippen molar-refractivity contribution in [3.05, 3.63) is 35.9 Å². The highest BCUT2D eigenvalue weighted by atomic mass is 33.1. The lowest BCUT2D eigenvalue weighted by molar-refractivity contribution is -0.142. The molecule has 4 N–H and O–H groups in total. The lowest BCUT2D eigenvalue weighted by Gasteiger charge is -2.16. The summed E-state index contributed by atoms with van der Waals surface area (Å²) in [4.78, 5) is 34.2. The maximum Gasteiger partial charge on any atom is 0.408 e. The van der Waals surface area contributed by atoms with Crippen LogP contribution in [0, 0.1) is 0 Å². The quantitative estimate of drug-likeness (QED) is 0.308. The van der Waals surface area contributed by atoms with E-state index in [-0.39, 0.29) is 18.1 Å². The molecule has 0 saturated carbocycles. The van der Waals surface area contributed by atoms with Gasteiger partial charge in [-0.25, -0.2) is 9.59 Å². The van der Waals surface area contributed by atoms with Crippen LogP contribution in [-0.4, -0.2) is 53.8 Å². The Labute approximate surface area is 153 Å². The van der Waals surface area contributed by atoms with Crippen molar-refractivity contribution in [2.45, 2.75) is 18.7 Å². The second kappa shape index (κ2) is 11.6. The molecule has 0 fully saturated rings. The number of carboxylic acids is 1. The Balaban J connectivity index is 2.40. The molecule has 0 saturated heterocycles. The van der Waals surface area contributed by atoms with Crippen molar-refractivity contribution in [3.8, 4) is 0 Å². The van der Waals surface area contributed by atoms with E-state index in [1.54, 1.807) is 0 Å². The van der Waals surface area contributed by atoms with Crippen molar-refractivity contribution >= 4 is 39.6 Å². The van der Waals surface area contributed by atoms with Crippen molar-refractivity contribution in [3.63, 3.8) is 0 Å². The van der Waals surface area contributed by atoms with Crippen LogP contribution >= 0.6 is 21.6 Å². The van der Waals surface area contributed by atoms with E-state index in [2.05, 4.69) is 10.1 Å². The number of hydrogen-bond donors (Lipinski definition) is 3. The van der Waals surface area contributed by atoms with Gasteiger partial charge < -0.3 is 25.6 Å². The molecule has 1 rings (SSSR count). The average molecular weight is 388 g/mol. The summed E-state index contributed by atoms with van der Waals surface area (Å²) < 4.78 is 9.70. The maximum absolute atomic E-state index is 11.8. The molecule has 1 unspecified atom stereocenters. The molecule has 1 amide bonds. The SMILES string of the molecule is COC(=O)[C@@H](CSSCC(N)C(=O)O)NC(=O)OCc1ccccc1. The van der Waals surface area contributed by atoms with Gasteiger partial charge in [-0.3, -0.25) is 4.79 Å². The van der Waals surface area contributed by atoms with E-state index in [0.717, 1.165) is 5.56 Å². The van der Waals surface area contributed by atoms with E-state index in [0.29, 0.717) is 0 Å². The number of amides is 1. The van der Waals surface area contributed by atoms with E-state index in [4.69, 9.17) is 15.6 Å². The molecular formula is C15H20N2O6S2. The molecule has 2 atom stereocenters. The van der Waals surface area contributed by atoms with Crippen molar-refractivity contribution in [1.29, 1.82) is 0 Å². The summed E-state index contributed by atoms with van der Waals surface area (Å²) in [5.41, 5.74) is 6.20. The average Bonchev–Trinajstić information content (AvgIpc) is 2.62. The van der Waals surface area contributed by atoms with Gasteiger partial charge in [0, 0.05) is 11.5 Å². The summed E-state index contributed by atoms with van der Waals surface area (Å²) in [6.45, 7) is 0.0793. The Morgan fingerprint density at radius 2 is 1.84 bits per heavy atom. The number of carboxylic acid groups (broad SMARTS) is 1. The monoisotopic (exact) mass is 388 g/mol. The van der Waals surface area contributed by atoms with Gasteiger partial charge in [0.2, 0.25) is 0 Å². The lowest BCUT2D eigenvalue weighted by Crippen LogP contribution is -2.43. The molecule has 0 aliphatic carbocycles. The highest BCUT2D eigenvalue weighted by molar-refractivity contribution is 8.76. The van der Waals surface area contributed by atoms with Crippen LogP contribution in [0.1, 0.15) is 5.56 Å². The first-order valence-electron chi connectivity index (χ1n) is 7.22. The smallest absolute Gasteiger partial charge is 0.408 e. The van der Waals surface area contributed by atoms with Crippen LogP contribution < -0.4 is 11.1 Å². The number of carbonyl (C=O) groups is 3. The second-order valence-corrected chi connectivity index (χ2v) is 7.35. The fraction of sp³-hybridized carbons (Fsp3) is 0.400. The number of hydrogen-bond acceptors (Lipinski definition) is 8. The molecular weight excluding hydrogens is 368 g/mol. The van der Waals surface area contributed by atoms with Gasteiger partial charge in [0.1, 0.15) is 18.7 Å². The third-order valence-electron chi connectivity index (χ3n) is 2.87. The van der Waals surface area contributed by atoms with Gasteiger partial charge in [0.15, 0.2) is 0 Å². The van der Waals surface area contributed by atoms with Gasteiger partial charge in [-0.1, -0.05) is 51.9 Å². The lowest BCUT2D eigenvalue weighted by atomic mass is 10.2. The minimum Gasteiger partial charge on any atom is -0.480 e. The minimum absolute atomic E-state index is 0.0793. The number of nitrogens with one attached hydrogen (secondary N) is 1. The van der Waals surface area contributed by atoms with Gasteiger partial charge in [-0.15, -0.1) is 0 Å². The molecule has 8 nitrogen and oxygen atoms in total. The van der Waals surface area contributed by atoms with Gasteiger partial charge in [-0.05, 0) is 5.56 Å². The van der Waals surface area contributed by atoms with Crippen LogP contribution in [0.5, 0.6) is 0 Å². The summed E-state index contributed by atoms with van der Waals surface area (Å²) in [5, 5.41) is 11.1. The van der Waals surface area contributed by atoms with Crippen LogP contribution in [0.3, 0.4) is 0 Å². The predicted octanol–water partition coefficient (Wildman–Crippen LogP) is 1.25. The molecule has 0 radical (unpaired) electrons. The topological polar surface area (TPSA) is 128 Å². The summed E-state index contributed by atoms with van der Waals surface area (Å²) in [7, 11) is 3.62. The molecule has 1 aromatic rings. The summed E-state index contributed by atoms with van der Waals surface area (Å²) in [6.07, 6.45) is -0.743. The first-order valence-corrected chi connectivity index (χ1v) is 9.70. The molecule has 0 spiro atoms. The third kappa shape index (κ3) is 8.66. The molecule has 138 valence electrons. The van der Waals surface area contributed by atoms with Crippen molar-refractivity contribution in [1.82, 2.24) is 5.32 Å². The van der Waals surface area contributed by atoms with Gasteiger partial charge in [-0.2, -0.15) is 0 Å². The first kappa shape index (κ1) is 21.1. The number of nitrogens with two attached hydrogens (primary N) is 1. The van der Waals surface area contributed by atoms with E-state index in [1.807, 2.05) is 30.3 Å². The maximum atomic E-state index is 11.8. The molecule has 0 aliphatic heterocycles. The summed E-state index contributed by atoms with van der Waals surface area (Å²) in [6, 6.07) is 7.21. The predicted molar refractivity (Wildman–Crippen MR) is 96.1 cm³/mol. The van der Waals surface area contributed by atoms with Gasteiger partial charge in [0.05, 0.1) is 7.11 Å². The Hall–Kier alpha value is -1.91. The fourth-order valence-corrected chi connectivity index (χ4v) is 3.79. The van der Waals surface area contributed by atoms with Crippen LogP contribution in [-0.2, 0) is 25.7 Å². The van der Waals surface area contributed by atoms with E-state index < -0.39 is 30.1 Å². The second-order valence-electron chi connectivity index (χ2n) is 4.80. The molecule has 1 aromatic carbocycles. The molecule has 10 heteroatoms. The van der Waals surface area contributed by atoms with E-state index in [9.17, 15) is 14.4 Å². The Bertz CT molecular complexity index is 572. The number of ether oxygens (including phenoxy) is 2. The summed E-state index contributed by atoms with van der Waals surface area (Å²) in [5.74, 6) is -1.36. The molecule has 0 aromatic heterocycles. The van der Waals surface area contributed by atoms with Crippen LogP contribution in [0.4, 0.5) is 4.79 Å². The molecule has 0 heterocycles.